The molecule has 1 fully saturated rings. The Morgan fingerprint density at radius 2 is 2.12 bits per heavy atom. The van der Waals surface area contributed by atoms with Crippen molar-refractivity contribution in [2.24, 2.45) is 0 Å². The summed E-state index contributed by atoms with van der Waals surface area (Å²) in [5.74, 6) is 0.251. The van der Waals surface area contributed by atoms with Crippen molar-refractivity contribution in [2.75, 3.05) is 20.1 Å². The molecule has 1 saturated heterocycles. The van der Waals surface area contributed by atoms with E-state index in [1.165, 1.54) is 0 Å². The summed E-state index contributed by atoms with van der Waals surface area (Å²) in [6, 6.07) is 6.33. The second-order valence-corrected chi connectivity index (χ2v) is 6.28. The van der Waals surface area contributed by atoms with Gasteiger partial charge in [-0.25, -0.2) is 4.79 Å². The quantitative estimate of drug-likeness (QED) is 0.767. The lowest BCUT2D eigenvalue weighted by molar-refractivity contribution is -0.132. The Bertz CT molecular complexity index is 740. The number of amides is 1. The van der Waals surface area contributed by atoms with E-state index in [-0.39, 0.29) is 24.0 Å². The van der Waals surface area contributed by atoms with E-state index >= 15 is 0 Å². The monoisotopic (exact) mass is 352 g/mol. The lowest BCUT2D eigenvalue weighted by Gasteiger charge is -2.32. The van der Waals surface area contributed by atoms with Crippen LogP contribution in [0.5, 0.6) is 0 Å². The molecule has 1 aliphatic heterocycles. The lowest BCUT2D eigenvalue weighted by Crippen LogP contribution is -2.46. The van der Waals surface area contributed by atoms with Gasteiger partial charge >= 0.3 is 5.69 Å². The molecule has 6 nitrogen and oxygen atoms in total. The van der Waals surface area contributed by atoms with Crippen LogP contribution in [-0.4, -0.2) is 47.0 Å². The number of nitrogens with one attached hydrogen (secondary N) is 3. The highest BCUT2D eigenvalue weighted by Gasteiger charge is 2.21. The molecule has 1 atom stereocenters. The fraction of sp³-hybridized carbons (Fsp3) is 0.529. The first-order valence-corrected chi connectivity index (χ1v) is 8.31. The molecule has 1 unspecified atom stereocenters. The smallest absolute Gasteiger partial charge is 0.323 e. The standard InChI is InChI=1S/C17H24N4O2.ClH/c1-18-13-5-3-9-21(11-13)16(22)6-2-4-12-7-8-14-15(10-12)20-17(23)19-14;/h7-8,10,13,18H,2-6,9,11H2,1H3,(H2,19,20,23);1H. The van der Waals surface area contributed by atoms with Crippen LogP contribution < -0.4 is 11.0 Å². The van der Waals surface area contributed by atoms with Gasteiger partial charge in [0.2, 0.25) is 5.91 Å². The number of hydrogen-bond acceptors (Lipinski definition) is 3. The lowest BCUT2D eigenvalue weighted by atomic mass is 10.0. The van der Waals surface area contributed by atoms with Crippen molar-refractivity contribution >= 4 is 29.3 Å². The molecule has 1 aliphatic rings. The topological polar surface area (TPSA) is 81.0 Å². The van der Waals surface area contributed by atoms with Crippen LogP contribution in [0.1, 0.15) is 31.2 Å². The summed E-state index contributed by atoms with van der Waals surface area (Å²) in [5.41, 5.74) is 2.61. The molecular formula is C17H25ClN4O2. The van der Waals surface area contributed by atoms with Gasteiger partial charge < -0.3 is 20.2 Å². The van der Waals surface area contributed by atoms with E-state index in [1.807, 2.05) is 30.1 Å². The van der Waals surface area contributed by atoms with Crippen molar-refractivity contribution in [3.63, 3.8) is 0 Å². The highest BCUT2D eigenvalue weighted by Crippen LogP contribution is 2.15. The first-order valence-electron chi connectivity index (χ1n) is 8.31. The van der Waals surface area contributed by atoms with E-state index in [4.69, 9.17) is 0 Å². The van der Waals surface area contributed by atoms with Crippen LogP contribution in [0.15, 0.2) is 23.0 Å². The van der Waals surface area contributed by atoms with E-state index < -0.39 is 0 Å². The van der Waals surface area contributed by atoms with Crippen molar-refractivity contribution in [1.82, 2.24) is 20.2 Å². The van der Waals surface area contributed by atoms with Gasteiger partial charge in [-0.2, -0.15) is 0 Å². The van der Waals surface area contributed by atoms with E-state index in [0.29, 0.717) is 12.5 Å². The number of imidazole rings is 1. The number of benzene rings is 1. The number of hydrogen-bond donors (Lipinski definition) is 3. The number of piperidine rings is 1. The number of carbonyl (C=O) groups excluding carboxylic acids is 1. The summed E-state index contributed by atoms with van der Waals surface area (Å²) in [4.78, 5) is 31.1. The number of likely N-dealkylation sites (tertiary alicyclic amines) is 1. The minimum absolute atomic E-state index is 0. The minimum atomic E-state index is -0.184. The number of halogens is 1. The van der Waals surface area contributed by atoms with Crippen LogP contribution in [0.25, 0.3) is 11.0 Å². The molecule has 7 heteroatoms. The molecule has 0 saturated carbocycles. The summed E-state index contributed by atoms with van der Waals surface area (Å²) < 4.78 is 0. The van der Waals surface area contributed by atoms with Crippen LogP contribution in [0.4, 0.5) is 0 Å². The average Bonchev–Trinajstić information content (AvgIpc) is 2.94. The SMILES string of the molecule is CNC1CCCN(C(=O)CCCc2ccc3[nH]c(=O)[nH]c3c2)C1.Cl. The highest BCUT2D eigenvalue weighted by molar-refractivity contribution is 5.85. The van der Waals surface area contributed by atoms with Gasteiger partial charge in [0.1, 0.15) is 0 Å². The molecule has 3 N–H and O–H groups in total. The molecule has 0 radical (unpaired) electrons. The largest absolute Gasteiger partial charge is 0.341 e. The van der Waals surface area contributed by atoms with Crippen molar-refractivity contribution in [3.8, 4) is 0 Å². The Labute approximate surface area is 147 Å². The zero-order valence-corrected chi connectivity index (χ0v) is 14.7. The Morgan fingerprint density at radius 3 is 2.92 bits per heavy atom. The Hall–Kier alpha value is -1.79. The number of likely N-dealkylation sites (N-methyl/N-ethyl adjacent to an activating group) is 1. The Kier molecular flexibility index (Phi) is 6.45. The number of aryl methyl sites for hydroxylation is 1. The molecule has 0 bridgehead atoms. The Morgan fingerprint density at radius 1 is 1.33 bits per heavy atom. The van der Waals surface area contributed by atoms with E-state index in [2.05, 4.69) is 15.3 Å². The normalized spacial score (nSPS) is 17.7. The zero-order chi connectivity index (χ0) is 16.2. The van der Waals surface area contributed by atoms with Crippen molar-refractivity contribution in [1.29, 1.82) is 0 Å². The van der Waals surface area contributed by atoms with Gasteiger partial charge in [-0.15, -0.1) is 12.4 Å². The summed E-state index contributed by atoms with van der Waals surface area (Å²) in [6.07, 6.45) is 4.49. The van der Waals surface area contributed by atoms with E-state index in [1.54, 1.807) is 0 Å². The highest BCUT2D eigenvalue weighted by atomic mass is 35.5. The third kappa shape index (κ3) is 4.39. The summed E-state index contributed by atoms with van der Waals surface area (Å²) in [5, 5.41) is 3.26. The average molecular weight is 353 g/mol. The van der Waals surface area contributed by atoms with Gasteiger partial charge in [0.15, 0.2) is 0 Å². The predicted octanol–water partition coefficient (Wildman–Crippen LogP) is 1.81. The molecule has 3 rings (SSSR count). The number of aromatic nitrogens is 2. The summed E-state index contributed by atoms with van der Waals surface area (Å²) in [6.45, 7) is 1.71. The summed E-state index contributed by atoms with van der Waals surface area (Å²) >= 11 is 0. The molecule has 1 amide bonds. The maximum absolute atomic E-state index is 12.3. The minimum Gasteiger partial charge on any atom is -0.341 e. The molecule has 0 spiro atoms. The number of aromatic amines is 2. The fourth-order valence-corrected chi connectivity index (χ4v) is 3.28. The summed E-state index contributed by atoms with van der Waals surface area (Å²) in [7, 11) is 1.96. The number of fused-ring (bicyclic) bond motifs is 1. The number of nitrogens with zero attached hydrogens (tertiary/aromatic N) is 1. The third-order valence-electron chi connectivity index (χ3n) is 4.62. The van der Waals surface area contributed by atoms with Gasteiger partial charge in [-0.1, -0.05) is 6.07 Å². The molecule has 0 aliphatic carbocycles. The van der Waals surface area contributed by atoms with E-state index in [0.717, 1.165) is 55.4 Å². The van der Waals surface area contributed by atoms with Gasteiger partial charge in [0, 0.05) is 25.6 Å². The maximum atomic E-state index is 12.3. The Balaban J connectivity index is 0.00000208. The molecule has 2 heterocycles. The van der Waals surface area contributed by atoms with E-state index in [9.17, 15) is 9.59 Å². The van der Waals surface area contributed by atoms with Crippen LogP contribution in [0, 0.1) is 0 Å². The van der Waals surface area contributed by atoms with Gasteiger partial charge in [0.05, 0.1) is 11.0 Å². The fourth-order valence-electron chi connectivity index (χ4n) is 3.28. The predicted molar refractivity (Wildman–Crippen MR) is 97.8 cm³/mol. The van der Waals surface area contributed by atoms with Gasteiger partial charge in [-0.3, -0.25) is 4.79 Å². The molecule has 1 aromatic heterocycles. The van der Waals surface area contributed by atoms with Gasteiger partial charge in [-0.05, 0) is 50.4 Å². The first kappa shape index (κ1) is 18.5. The molecule has 2 aromatic rings. The second kappa shape index (κ2) is 8.35. The van der Waals surface area contributed by atoms with Crippen molar-refractivity contribution in [3.05, 3.63) is 34.2 Å². The number of H-pyrrole nitrogens is 2. The molecule has 1 aromatic carbocycles. The van der Waals surface area contributed by atoms with Crippen LogP contribution in [0.3, 0.4) is 0 Å². The first-order chi connectivity index (χ1) is 11.2. The van der Waals surface area contributed by atoms with Crippen molar-refractivity contribution in [2.45, 2.75) is 38.1 Å². The van der Waals surface area contributed by atoms with Crippen LogP contribution in [0.2, 0.25) is 0 Å². The second-order valence-electron chi connectivity index (χ2n) is 6.28. The number of rotatable bonds is 5. The maximum Gasteiger partial charge on any atom is 0.323 e. The van der Waals surface area contributed by atoms with Crippen LogP contribution >= 0.6 is 12.4 Å². The molecule has 132 valence electrons. The molecule has 24 heavy (non-hydrogen) atoms. The number of carbonyl (C=O) groups is 1. The van der Waals surface area contributed by atoms with Crippen LogP contribution in [-0.2, 0) is 11.2 Å². The zero-order valence-electron chi connectivity index (χ0n) is 13.9. The third-order valence-corrected chi connectivity index (χ3v) is 4.62. The van der Waals surface area contributed by atoms with Crippen molar-refractivity contribution < 1.29 is 4.79 Å². The molecular weight excluding hydrogens is 328 g/mol. The van der Waals surface area contributed by atoms with Gasteiger partial charge in [0.25, 0.3) is 0 Å².